The molecular formula is C23H17N5O5S4. The number of hydrogen-bond donors (Lipinski definition) is 3. The Labute approximate surface area is 221 Å². The van der Waals surface area contributed by atoms with Crippen molar-refractivity contribution >= 4 is 66.2 Å². The van der Waals surface area contributed by atoms with Gasteiger partial charge in [-0.2, -0.15) is 10.4 Å². The van der Waals surface area contributed by atoms with Crippen molar-refractivity contribution in [2.24, 2.45) is 5.10 Å². The van der Waals surface area contributed by atoms with E-state index in [1.807, 2.05) is 6.07 Å². The quantitative estimate of drug-likeness (QED) is 0.203. The van der Waals surface area contributed by atoms with Crippen LogP contribution in [0.5, 0.6) is 0 Å². The Bertz CT molecular complexity index is 1610. The Morgan fingerprint density at radius 2 is 1.38 bits per heavy atom. The Morgan fingerprint density at radius 3 is 1.84 bits per heavy atom. The van der Waals surface area contributed by atoms with Gasteiger partial charge in [0.2, 0.25) is 0 Å². The predicted molar refractivity (Wildman–Crippen MR) is 143 cm³/mol. The van der Waals surface area contributed by atoms with Crippen LogP contribution in [-0.2, 0) is 20.0 Å². The van der Waals surface area contributed by atoms with Crippen LogP contribution in [0.25, 0.3) is 0 Å². The highest BCUT2D eigenvalue weighted by molar-refractivity contribution is 7.95. The molecule has 2 aromatic heterocycles. The number of sulfonamides is 2. The van der Waals surface area contributed by atoms with Crippen LogP contribution in [0.1, 0.15) is 21.5 Å². The summed E-state index contributed by atoms with van der Waals surface area (Å²) in [6.07, 6.45) is 1.36. The number of hydrazone groups is 1. The highest BCUT2D eigenvalue weighted by Crippen LogP contribution is 2.27. The van der Waals surface area contributed by atoms with Crippen molar-refractivity contribution in [3.05, 3.63) is 94.2 Å². The molecule has 0 bridgehead atoms. The lowest BCUT2D eigenvalue weighted by Gasteiger charge is -2.12. The molecule has 4 rings (SSSR count). The number of carbonyl (C=O) groups excluding carboxylic acids is 1. The van der Waals surface area contributed by atoms with Gasteiger partial charge in [-0.1, -0.05) is 24.3 Å². The highest BCUT2D eigenvalue weighted by Gasteiger charge is 2.20. The van der Waals surface area contributed by atoms with Gasteiger partial charge in [0, 0.05) is 5.56 Å². The van der Waals surface area contributed by atoms with Gasteiger partial charge < -0.3 is 0 Å². The second-order valence-electron chi connectivity index (χ2n) is 7.31. The van der Waals surface area contributed by atoms with Crippen LogP contribution in [0.2, 0.25) is 0 Å². The first-order valence-electron chi connectivity index (χ1n) is 10.3. The number of rotatable bonds is 9. The number of nitriles is 1. The average Bonchev–Trinajstić information content (AvgIpc) is 3.59. The molecule has 37 heavy (non-hydrogen) atoms. The fourth-order valence-electron chi connectivity index (χ4n) is 2.99. The van der Waals surface area contributed by atoms with E-state index in [1.165, 1.54) is 36.5 Å². The highest BCUT2D eigenvalue weighted by atomic mass is 32.3. The van der Waals surface area contributed by atoms with E-state index in [0.717, 1.165) is 22.7 Å². The molecule has 0 aliphatic heterocycles. The van der Waals surface area contributed by atoms with E-state index in [-0.39, 0.29) is 25.4 Å². The SMILES string of the molecule is N#Cc1ccc(C=NNC(=O)c2cc(NS(=O)(=O)c3cccs3)cc(NS(=O)(=O)c3cccs3)c2)cc1. The first-order chi connectivity index (χ1) is 17.7. The van der Waals surface area contributed by atoms with Crippen molar-refractivity contribution in [2.45, 2.75) is 8.42 Å². The zero-order valence-electron chi connectivity index (χ0n) is 18.7. The van der Waals surface area contributed by atoms with Crippen molar-refractivity contribution in [1.29, 1.82) is 5.26 Å². The molecule has 0 fully saturated rings. The standard InChI is InChI=1S/C23H17N5O5S4/c24-14-16-5-7-17(8-6-16)15-25-26-23(29)18-11-19(27-36(30,31)21-3-1-9-34-21)13-20(12-18)28-37(32,33)22-4-2-10-35-22/h1-13,15,27-28H,(H,26,29). The van der Waals surface area contributed by atoms with Crippen molar-refractivity contribution < 1.29 is 21.6 Å². The molecule has 3 N–H and O–H groups in total. The second kappa shape index (κ2) is 10.9. The van der Waals surface area contributed by atoms with Crippen LogP contribution in [0.15, 0.2) is 91.0 Å². The summed E-state index contributed by atoms with van der Waals surface area (Å²) in [5.74, 6) is -0.710. The van der Waals surface area contributed by atoms with Gasteiger partial charge in [-0.15, -0.1) is 22.7 Å². The molecule has 0 saturated heterocycles. The van der Waals surface area contributed by atoms with E-state index in [4.69, 9.17) is 5.26 Å². The summed E-state index contributed by atoms with van der Waals surface area (Å²) in [5.41, 5.74) is 3.32. The molecule has 2 aromatic carbocycles. The summed E-state index contributed by atoms with van der Waals surface area (Å²) < 4.78 is 55.7. The monoisotopic (exact) mass is 571 g/mol. The molecule has 0 atom stereocenters. The minimum Gasteiger partial charge on any atom is -0.279 e. The molecule has 188 valence electrons. The predicted octanol–water partition coefficient (Wildman–Crippen LogP) is 4.05. The Morgan fingerprint density at radius 1 is 0.838 bits per heavy atom. The molecule has 10 nitrogen and oxygen atoms in total. The number of thiophene rings is 2. The van der Waals surface area contributed by atoms with Gasteiger partial charge in [-0.05, 0) is 58.8 Å². The number of benzene rings is 2. The van der Waals surface area contributed by atoms with Crippen molar-refractivity contribution in [3.8, 4) is 6.07 Å². The summed E-state index contributed by atoms with van der Waals surface area (Å²) in [6, 6.07) is 18.3. The number of anilines is 2. The molecule has 1 amide bonds. The van der Waals surface area contributed by atoms with Crippen LogP contribution in [0, 0.1) is 11.3 Å². The molecular weight excluding hydrogens is 555 g/mol. The Hall–Kier alpha value is -4.03. The average molecular weight is 572 g/mol. The minimum absolute atomic E-state index is 0.0269. The lowest BCUT2D eigenvalue weighted by Crippen LogP contribution is -2.19. The lowest BCUT2D eigenvalue weighted by atomic mass is 10.1. The largest absolute Gasteiger partial charge is 0.279 e. The van der Waals surface area contributed by atoms with Gasteiger partial charge in [-0.25, -0.2) is 22.3 Å². The summed E-state index contributed by atoms with van der Waals surface area (Å²) >= 11 is 2.01. The number of hydrogen-bond acceptors (Lipinski definition) is 9. The van der Waals surface area contributed by atoms with Crippen LogP contribution in [-0.4, -0.2) is 29.0 Å². The van der Waals surface area contributed by atoms with Crippen LogP contribution >= 0.6 is 22.7 Å². The van der Waals surface area contributed by atoms with Crippen LogP contribution < -0.4 is 14.9 Å². The van der Waals surface area contributed by atoms with Gasteiger partial charge in [-0.3, -0.25) is 14.2 Å². The molecule has 0 radical (unpaired) electrons. The van der Waals surface area contributed by atoms with Gasteiger partial charge in [0.25, 0.3) is 26.0 Å². The fraction of sp³-hybridized carbons (Fsp3) is 0. The van der Waals surface area contributed by atoms with E-state index >= 15 is 0 Å². The van der Waals surface area contributed by atoms with E-state index in [0.29, 0.717) is 11.1 Å². The van der Waals surface area contributed by atoms with Gasteiger partial charge in [0.1, 0.15) is 8.42 Å². The van der Waals surface area contributed by atoms with Gasteiger partial charge >= 0.3 is 0 Å². The summed E-state index contributed by atoms with van der Waals surface area (Å²) in [7, 11) is -7.93. The van der Waals surface area contributed by atoms with Crippen LogP contribution in [0.4, 0.5) is 11.4 Å². The van der Waals surface area contributed by atoms with Crippen molar-refractivity contribution in [1.82, 2.24) is 5.43 Å². The van der Waals surface area contributed by atoms with Crippen molar-refractivity contribution in [3.63, 3.8) is 0 Å². The maximum Gasteiger partial charge on any atom is 0.271 e. The minimum atomic E-state index is -3.97. The van der Waals surface area contributed by atoms with Gasteiger partial charge in [0.15, 0.2) is 0 Å². The molecule has 0 spiro atoms. The zero-order chi connectivity index (χ0) is 26.5. The molecule has 0 unspecified atom stereocenters. The number of amides is 1. The molecule has 2 heterocycles. The molecule has 14 heteroatoms. The summed E-state index contributed by atoms with van der Waals surface area (Å²) in [5, 5.41) is 16.0. The third-order valence-corrected chi connectivity index (χ3v) is 10.2. The first kappa shape index (κ1) is 26.0. The Kier molecular flexibility index (Phi) is 7.69. The normalized spacial score (nSPS) is 11.6. The second-order valence-corrected chi connectivity index (χ2v) is 13.0. The number of nitrogens with one attached hydrogen (secondary N) is 3. The third kappa shape index (κ3) is 6.60. The Balaban J connectivity index is 1.61. The van der Waals surface area contributed by atoms with E-state index < -0.39 is 26.0 Å². The molecule has 4 aromatic rings. The van der Waals surface area contributed by atoms with E-state index in [9.17, 15) is 21.6 Å². The molecule has 0 saturated carbocycles. The maximum absolute atomic E-state index is 12.8. The number of carbonyl (C=O) groups is 1. The van der Waals surface area contributed by atoms with E-state index in [2.05, 4.69) is 20.0 Å². The number of nitrogens with zero attached hydrogens (tertiary/aromatic N) is 2. The smallest absolute Gasteiger partial charge is 0.271 e. The van der Waals surface area contributed by atoms with E-state index in [1.54, 1.807) is 47.2 Å². The third-order valence-electron chi connectivity index (χ3n) is 4.64. The molecule has 0 aliphatic carbocycles. The maximum atomic E-state index is 12.8. The van der Waals surface area contributed by atoms with Crippen molar-refractivity contribution in [2.75, 3.05) is 9.44 Å². The zero-order valence-corrected chi connectivity index (χ0v) is 21.9. The van der Waals surface area contributed by atoms with Gasteiger partial charge in [0.05, 0.1) is 29.2 Å². The fourth-order valence-corrected chi connectivity index (χ4v) is 7.06. The topological polar surface area (TPSA) is 158 Å². The summed E-state index contributed by atoms with van der Waals surface area (Å²) in [6.45, 7) is 0. The lowest BCUT2D eigenvalue weighted by molar-refractivity contribution is 0.0955. The molecule has 0 aliphatic rings. The summed E-state index contributed by atoms with van der Waals surface area (Å²) in [4.78, 5) is 12.8. The van der Waals surface area contributed by atoms with Crippen LogP contribution in [0.3, 0.4) is 0 Å². The first-order valence-corrected chi connectivity index (χ1v) is 15.0.